The highest BCUT2D eigenvalue weighted by Gasteiger charge is 2.40. The van der Waals surface area contributed by atoms with Crippen LogP contribution in [0.1, 0.15) is 41.1 Å². The average molecular weight is 522 g/mol. The summed E-state index contributed by atoms with van der Waals surface area (Å²) < 4.78 is 5.82. The fraction of sp³-hybridized carbons (Fsp3) is 0.281. The molecule has 3 fully saturated rings. The molecule has 0 unspecified atom stereocenters. The number of allylic oxidation sites excluding steroid dienone is 1. The van der Waals surface area contributed by atoms with Crippen LogP contribution in [0.3, 0.4) is 0 Å². The highest BCUT2D eigenvalue weighted by atomic mass is 16.4. The van der Waals surface area contributed by atoms with Crippen molar-refractivity contribution in [2.45, 2.75) is 31.7 Å². The molecule has 7 heteroatoms. The number of fused-ring (bicyclic) bond motifs is 4. The first kappa shape index (κ1) is 25.1. The Labute approximate surface area is 227 Å². The summed E-state index contributed by atoms with van der Waals surface area (Å²) in [6.45, 7) is 2.90. The minimum Gasteiger partial charge on any atom is -0.465 e. The van der Waals surface area contributed by atoms with Gasteiger partial charge in [0.05, 0.1) is 11.7 Å². The van der Waals surface area contributed by atoms with E-state index in [0.717, 1.165) is 66.7 Å². The Hall–Kier alpha value is -4.23. The zero-order valence-electron chi connectivity index (χ0n) is 21.7. The molecule has 1 N–H and O–H groups in total. The zero-order chi connectivity index (χ0) is 26.8. The third-order valence-electron chi connectivity index (χ3n) is 7.95. The fourth-order valence-electron chi connectivity index (χ4n) is 5.96. The second-order valence-electron chi connectivity index (χ2n) is 10.4. The van der Waals surface area contributed by atoms with E-state index in [9.17, 15) is 14.7 Å². The van der Waals surface area contributed by atoms with Gasteiger partial charge in [-0.25, -0.2) is 9.78 Å². The Morgan fingerprint density at radius 3 is 2.56 bits per heavy atom. The molecule has 0 saturated carbocycles. The van der Waals surface area contributed by atoms with Crippen LogP contribution in [0.2, 0.25) is 0 Å². The van der Waals surface area contributed by atoms with Gasteiger partial charge in [-0.2, -0.15) is 0 Å². The molecule has 1 aromatic heterocycles. The number of nitrogens with zero attached hydrogens (tertiary/aromatic N) is 3. The normalized spacial score (nSPS) is 20.5. The molecule has 39 heavy (non-hydrogen) atoms. The molecule has 3 aromatic carbocycles. The van der Waals surface area contributed by atoms with E-state index in [1.54, 1.807) is 23.1 Å². The van der Waals surface area contributed by atoms with Crippen molar-refractivity contribution in [2.75, 3.05) is 24.5 Å². The van der Waals surface area contributed by atoms with Gasteiger partial charge in [-0.15, -0.1) is 0 Å². The largest absolute Gasteiger partial charge is 0.465 e. The second-order valence-corrected chi connectivity index (χ2v) is 10.4. The minimum absolute atomic E-state index is 0.0504. The van der Waals surface area contributed by atoms with Crippen molar-refractivity contribution < 1.29 is 19.1 Å². The van der Waals surface area contributed by atoms with E-state index in [1.165, 1.54) is 0 Å². The first-order valence-corrected chi connectivity index (χ1v) is 13.5. The van der Waals surface area contributed by atoms with Crippen LogP contribution < -0.4 is 4.90 Å². The third-order valence-corrected chi connectivity index (χ3v) is 7.95. The monoisotopic (exact) mass is 521 g/mol. The summed E-state index contributed by atoms with van der Waals surface area (Å²) in [5.41, 5.74) is 5.53. The maximum Gasteiger partial charge on any atom is 0.412 e. The molecular formula is C32H31N3O4. The number of aldehydes is 1. The lowest BCUT2D eigenvalue weighted by molar-refractivity contribution is 0.0838. The summed E-state index contributed by atoms with van der Waals surface area (Å²) >= 11 is 0. The van der Waals surface area contributed by atoms with E-state index in [1.807, 2.05) is 54.6 Å². The van der Waals surface area contributed by atoms with Crippen molar-refractivity contribution in [3.8, 4) is 11.1 Å². The molecular weight excluding hydrogens is 490 g/mol. The van der Waals surface area contributed by atoms with Crippen LogP contribution in [-0.2, 0) is 6.42 Å². The number of amides is 1. The number of piperidine rings is 3. The van der Waals surface area contributed by atoms with Crippen LogP contribution in [0.5, 0.6) is 0 Å². The van der Waals surface area contributed by atoms with Gasteiger partial charge in [0.25, 0.3) is 0 Å². The number of aryl methyl sites for hydroxylation is 1. The summed E-state index contributed by atoms with van der Waals surface area (Å²) in [5, 5.41) is 10.5. The summed E-state index contributed by atoms with van der Waals surface area (Å²) in [6, 6.07) is 21.3. The van der Waals surface area contributed by atoms with Crippen LogP contribution in [0.15, 0.2) is 77.2 Å². The van der Waals surface area contributed by atoms with Crippen molar-refractivity contribution in [3.63, 3.8) is 0 Å². The van der Waals surface area contributed by atoms with Gasteiger partial charge in [-0.05, 0) is 73.7 Å². The Morgan fingerprint density at radius 2 is 1.85 bits per heavy atom. The summed E-state index contributed by atoms with van der Waals surface area (Å²) in [6.07, 6.45) is 7.41. The average Bonchev–Trinajstić information content (AvgIpc) is 3.38. The molecule has 198 valence electrons. The molecule has 3 aliphatic rings. The summed E-state index contributed by atoms with van der Waals surface area (Å²) in [4.78, 5) is 32.3. The van der Waals surface area contributed by atoms with E-state index in [0.29, 0.717) is 35.8 Å². The van der Waals surface area contributed by atoms with Gasteiger partial charge in [0, 0.05) is 24.1 Å². The number of hydrogen-bond acceptors (Lipinski definition) is 5. The second kappa shape index (κ2) is 10.9. The molecule has 4 heterocycles. The van der Waals surface area contributed by atoms with Gasteiger partial charge in [-0.1, -0.05) is 54.6 Å². The molecule has 3 aliphatic heterocycles. The lowest BCUT2D eigenvalue weighted by Gasteiger charge is -2.48. The van der Waals surface area contributed by atoms with E-state index >= 15 is 0 Å². The van der Waals surface area contributed by atoms with Gasteiger partial charge < -0.3 is 14.4 Å². The molecule has 0 spiro atoms. The van der Waals surface area contributed by atoms with Gasteiger partial charge in [0.2, 0.25) is 0 Å². The molecule has 1 atom stereocenters. The standard InChI is InChI=1S/C32H31N3O4/c36-21-23-11-13-27-30(19-23)39-31(33-27)9-5-4-6-22-10-12-26(24-7-2-1-3-8-24)28(18-22)35(32(37)38)29-20-34-16-14-25(29)15-17-34/h1-4,6-8,10-13,18-19,21,25,29H,5,9,14-17,20H2,(H,37,38)/t29-/m0/s1. The van der Waals surface area contributed by atoms with E-state index in [2.05, 4.69) is 16.0 Å². The predicted molar refractivity (Wildman–Crippen MR) is 152 cm³/mol. The number of anilines is 1. The van der Waals surface area contributed by atoms with E-state index in [-0.39, 0.29) is 6.04 Å². The first-order valence-electron chi connectivity index (χ1n) is 13.5. The molecule has 2 bridgehead atoms. The van der Waals surface area contributed by atoms with Gasteiger partial charge >= 0.3 is 6.09 Å². The van der Waals surface area contributed by atoms with Crippen molar-refractivity contribution in [3.05, 3.63) is 89.8 Å². The Morgan fingerprint density at radius 1 is 1.05 bits per heavy atom. The van der Waals surface area contributed by atoms with Crippen molar-refractivity contribution in [2.24, 2.45) is 5.92 Å². The third kappa shape index (κ3) is 5.22. The minimum atomic E-state index is -0.902. The van der Waals surface area contributed by atoms with Gasteiger partial charge in [0.15, 0.2) is 11.5 Å². The number of benzene rings is 3. The van der Waals surface area contributed by atoms with Crippen molar-refractivity contribution >= 4 is 35.2 Å². The number of rotatable bonds is 8. The summed E-state index contributed by atoms with van der Waals surface area (Å²) in [7, 11) is 0. The first-order chi connectivity index (χ1) is 19.1. The number of aromatic nitrogens is 1. The quantitative estimate of drug-likeness (QED) is 0.265. The highest BCUT2D eigenvalue weighted by molar-refractivity contribution is 5.94. The number of carbonyl (C=O) groups is 2. The van der Waals surface area contributed by atoms with E-state index < -0.39 is 6.09 Å². The number of carbonyl (C=O) groups excluding carboxylic acids is 1. The smallest absolute Gasteiger partial charge is 0.412 e. The van der Waals surface area contributed by atoms with Crippen LogP contribution in [-0.4, -0.2) is 53.0 Å². The van der Waals surface area contributed by atoms with Gasteiger partial charge in [-0.3, -0.25) is 9.69 Å². The summed E-state index contributed by atoms with van der Waals surface area (Å²) in [5.74, 6) is 1.00. The maximum absolute atomic E-state index is 12.8. The van der Waals surface area contributed by atoms with Crippen LogP contribution in [0.25, 0.3) is 28.3 Å². The lowest BCUT2D eigenvalue weighted by Crippen LogP contribution is -2.59. The van der Waals surface area contributed by atoms with Crippen LogP contribution in [0.4, 0.5) is 10.5 Å². The highest BCUT2D eigenvalue weighted by Crippen LogP contribution is 2.39. The van der Waals surface area contributed by atoms with Crippen LogP contribution >= 0.6 is 0 Å². The van der Waals surface area contributed by atoms with Crippen molar-refractivity contribution in [1.82, 2.24) is 9.88 Å². The molecule has 3 saturated heterocycles. The van der Waals surface area contributed by atoms with Crippen LogP contribution in [0, 0.1) is 5.92 Å². The Bertz CT molecular complexity index is 1520. The molecule has 1 amide bonds. The predicted octanol–water partition coefficient (Wildman–Crippen LogP) is 6.53. The van der Waals surface area contributed by atoms with E-state index in [4.69, 9.17) is 4.42 Å². The number of hydrogen-bond donors (Lipinski definition) is 1. The molecule has 7 rings (SSSR count). The SMILES string of the molecule is O=Cc1ccc2nc(CCC=Cc3ccc(-c4ccccc4)c(N(C(=O)O)[C@H]4CN5CCC4CC5)c3)oc2c1. The number of carboxylic acid groups (broad SMARTS) is 1. The Kier molecular flexibility index (Phi) is 6.99. The van der Waals surface area contributed by atoms with Gasteiger partial charge in [0.1, 0.15) is 11.8 Å². The molecule has 4 aromatic rings. The molecule has 0 radical (unpaired) electrons. The van der Waals surface area contributed by atoms with Crippen molar-refractivity contribution in [1.29, 1.82) is 0 Å². The molecule has 0 aliphatic carbocycles. The maximum atomic E-state index is 12.8. The number of oxazole rings is 1. The Balaban J connectivity index is 1.26. The zero-order valence-corrected chi connectivity index (χ0v) is 21.7. The lowest BCUT2D eigenvalue weighted by atomic mass is 9.82. The fourth-order valence-corrected chi connectivity index (χ4v) is 5.96. The topological polar surface area (TPSA) is 86.9 Å². The molecule has 7 nitrogen and oxygen atoms in total.